The Morgan fingerprint density at radius 1 is 1.24 bits per heavy atom. The number of hydrogen-bond acceptors (Lipinski definition) is 11. The summed E-state index contributed by atoms with van der Waals surface area (Å²) in [6.07, 6.45) is 3.64. The Hall–Kier alpha value is -4.24. The van der Waals surface area contributed by atoms with E-state index in [1.807, 2.05) is 25.7 Å². The molecule has 2 N–H and O–H groups in total. The van der Waals surface area contributed by atoms with Gasteiger partial charge in [-0.05, 0) is 31.1 Å². The molecular weight excluding hydrogens is 583 g/mol. The molecule has 0 unspecified atom stereocenters. The van der Waals surface area contributed by atoms with Gasteiger partial charge in [0.2, 0.25) is 5.91 Å². The van der Waals surface area contributed by atoms with Crippen molar-refractivity contribution in [3.8, 4) is 17.1 Å². The first kappa shape index (κ1) is 29.3. The van der Waals surface area contributed by atoms with Crippen LogP contribution < -0.4 is 16.3 Å². The fourth-order valence-corrected chi connectivity index (χ4v) is 6.51. The number of carbonyl (C=O) groups is 1. The molecule has 12 nitrogen and oxygen atoms in total. The van der Waals surface area contributed by atoms with Crippen LogP contribution in [0.25, 0.3) is 28.1 Å². The largest absolute Gasteiger partial charge is 0.389 e. The molecule has 0 aliphatic carbocycles. The highest BCUT2D eigenvalue weighted by atomic mass is 32.2. The van der Waals surface area contributed by atoms with Crippen molar-refractivity contribution < 1.29 is 17.6 Å². The second-order valence-electron chi connectivity index (χ2n) is 10.3. The van der Waals surface area contributed by atoms with Crippen LogP contribution in [0.15, 0.2) is 46.2 Å². The predicted octanol–water partition coefficient (Wildman–Crippen LogP) is 2.77. The van der Waals surface area contributed by atoms with E-state index in [9.17, 15) is 18.0 Å². The molecule has 1 aliphatic heterocycles. The van der Waals surface area contributed by atoms with E-state index in [0.29, 0.717) is 25.3 Å². The van der Waals surface area contributed by atoms with Gasteiger partial charge in [-0.1, -0.05) is 20.4 Å². The maximum absolute atomic E-state index is 15.8. The monoisotopic (exact) mass is 612 g/mol. The Labute approximate surface area is 245 Å². The number of anilines is 2. The molecule has 4 aromatic heterocycles. The zero-order valence-electron chi connectivity index (χ0n) is 23.4. The Morgan fingerprint density at radius 3 is 2.57 bits per heavy atom. The van der Waals surface area contributed by atoms with E-state index in [4.69, 9.17) is 5.73 Å². The quantitative estimate of drug-likeness (QED) is 0.321. The second kappa shape index (κ2) is 10.9. The minimum absolute atomic E-state index is 0.00481. The van der Waals surface area contributed by atoms with Gasteiger partial charge in [-0.2, -0.15) is 4.98 Å². The van der Waals surface area contributed by atoms with E-state index in [2.05, 4.69) is 26.5 Å². The maximum Gasteiger partial charge on any atom is 0.355 e. The van der Waals surface area contributed by atoms with Gasteiger partial charge in [0.25, 0.3) is 0 Å². The number of halogens is 1. The number of aromatic nitrogens is 5. The molecule has 220 valence electrons. The molecule has 1 saturated heterocycles. The number of hydrogen-bond donors (Lipinski definition) is 1. The van der Waals surface area contributed by atoms with Crippen LogP contribution in [0, 0.1) is 5.82 Å². The third-order valence-electron chi connectivity index (χ3n) is 7.09. The van der Waals surface area contributed by atoms with Gasteiger partial charge in [0.1, 0.15) is 22.2 Å². The van der Waals surface area contributed by atoms with Gasteiger partial charge in [-0.3, -0.25) is 9.78 Å². The lowest BCUT2D eigenvalue weighted by molar-refractivity contribution is -0.126. The van der Waals surface area contributed by atoms with Crippen LogP contribution in [0.3, 0.4) is 0 Å². The Kier molecular flexibility index (Phi) is 7.57. The van der Waals surface area contributed by atoms with Gasteiger partial charge in [0.15, 0.2) is 21.3 Å². The second-order valence-corrected chi connectivity index (χ2v) is 13.2. The zero-order valence-corrected chi connectivity index (χ0v) is 25.0. The van der Waals surface area contributed by atoms with Gasteiger partial charge >= 0.3 is 5.69 Å². The van der Waals surface area contributed by atoms with Crippen molar-refractivity contribution >= 4 is 48.9 Å². The molecule has 1 aliphatic rings. The van der Waals surface area contributed by atoms with Gasteiger partial charge in [-0.15, -0.1) is 11.3 Å². The topological polar surface area (TPSA) is 157 Å². The van der Waals surface area contributed by atoms with Gasteiger partial charge < -0.3 is 15.5 Å². The van der Waals surface area contributed by atoms with E-state index >= 15 is 4.39 Å². The summed E-state index contributed by atoms with van der Waals surface area (Å²) in [7, 11) is -3.86. The summed E-state index contributed by atoms with van der Waals surface area (Å²) in [6.45, 7) is 9.97. The van der Waals surface area contributed by atoms with Crippen molar-refractivity contribution in [2.75, 3.05) is 36.5 Å². The molecule has 0 spiro atoms. The molecule has 0 radical (unpaired) electrons. The minimum Gasteiger partial charge on any atom is -0.389 e. The molecule has 5 rings (SSSR count). The number of rotatable bonds is 6. The van der Waals surface area contributed by atoms with Crippen LogP contribution in [0.1, 0.15) is 32.4 Å². The van der Waals surface area contributed by atoms with Crippen molar-refractivity contribution in [1.82, 2.24) is 29.4 Å². The summed E-state index contributed by atoms with van der Waals surface area (Å²) in [6, 6.07) is 2.21. The fraction of sp³-hybridized carbons (Fsp3) is 0.333. The van der Waals surface area contributed by atoms with E-state index in [-0.39, 0.29) is 61.7 Å². The Bertz CT molecular complexity index is 1900. The zero-order chi connectivity index (χ0) is 30.5. The van der Waals surface area contributed by atoms with Crippen LogP contribution in [0.5, 0.6) is 0 Å². The van der Waals surface area contributed by atoms with Gasteiger partial charge in [0, 0.05) is 38.1 Å². The van der Waals surface area contributed by atoms with Crippen molar-refractivity contribution in [2.45, 2.75) is 37.6 Å². The first-order valence-electron chi connectivity index (χ1n) is 13.0. The molecule has 4 aromatic rings. The molecule has 42 heavy (non-hydrogen) atoms. The summed E-state index contributed by atoms with van der Waals surface area (Å²) in [5, 5.41) is 0.389. The molecule has 0 bridgehead atoms. The highest BCUT2D eigenvalue weighted by molar-refractivity contribution is 7.90. The molecule has 1 amide bonds. The van der Waals surface area contributed by atoms with E-state index < -0.39 is 21.3 Å². The van der Waals surface area contributed by atoms with E-state index in [0.717, 1.165) is 22.2 Å². The summed E-state index contributed by atoms with van der Waals surface area (Å²) >= 11 is 1.10. The summed E-state index contributed by atoms with van der Waals surface area (Å²) in [4.78, 5) is 47.0. The fourth-order valence-electron chi connectivity index (χ4n) is 5.12. The van der Waals surface area contributed by atoms with E-state index in [1.54, 1.807) is 4.90 Å². The number of pyridine rings is 2. The predicted molar refractivity (Wildman–Crippen MR) is 159 cm³/mol. The Balaban J connectivity index is 1.87. The average molecular weight is 613 g/mol. The Morgan fingerprint density at radius 2 is 1.98 bits per heavy atom. The number of carbonyl (C=O) groups excluding carboxylic acids is 1. The third kappa shape index (κ3) is 5.02. The molecule has 15 heteroatoms. The first-order chi connectivity index (χ1) is 19.8. The van der Waals surface area contributed by atoms with Crippen LogP contribution in [-0.4, -0.2) is 75.7 Å². The smallest absolute Gasteiger partial charge is 0.355 e. The highest BCUT2D eigenvalue weighted by Gasteiger charge is 2.32. The lowest BCUT2D eigenvalue weighted by atomic mass is 10.1. The van der Waals surface area contributed by atoms with Crippen LogP contribution >= 0.6 is 11.3 Å². The molecule has 1 atom stereocenters. The number of nitrogens with zero attached hydrogens (tertiary/aromatic N) is 7. The SMILES string of the molecule is C=CC(=O)N1CCN(c2nc(=O)n(-c3c(S(C)(=O)=O)ccnc3C(C)C)c3nc(-c4ncsc4N)c(F)cc23)[C@@H](C)C1. The average Bonchev–Trinajstić information content (AvgIpc) is 3.36. The lowest BCUT2D eigenvalue weighted by Gasteiger charge is -2.40. The highest BCUT2D eigenvalue weighted by Crippen LogP contribution is 2.35. The van der Waals surface area contributed by atoms with Crippen LogP contribution in [-0.2, 0) is 14.6 Å². The van der Waals surface area contributed by atoms with Gasteiger partial charge in [0.05, 0.1) is 27.2 Å². The number of sulfone groups is 1. The normalized spacial score (nSPS) is 15.9. The number of nitrogen functional groups attached to an aromatic ring is 1. The molecule has 5 heterocycles. The van der Waals surface area contributed by atoms with E-state index in [1.165, 1.54) is 29.9 Å². The maximum atomic E-state index is 15.8. The third-order valence-corrected chi connectivity index (χ3v) is 8.88. The number of nitrogens with two attached hydrogens (primary N) is 1. The lowest BCUT2D eigenvalue weighted by Crippen LogP contribution is -2.54. The van der Waals surface area contributed by atoms with Crippen LogP contribution in [0.2, 0.25) is 0 Å². The van der Waals surface area contributed by atoms with Crippen molar-refractivity contribution in [3.05, 3.63) is 58.5 Å². The minimum atomic E-state index is -3.86. The summed E-state index contributed by atoms with van der Waals surface area (Å²) < 4.78 is 42.8. The molecule has 0 saturated carbocycles. The van der Waals surface area contributed by atoms with Gasteiger partial charge in [-0.25, -0.2) is 32.1 Å². The first-order valence-corrected chi connectivity index (χ1v) is 15.8. The van der Waals surface area contributed by atoms with Crippen LogP contribution in [0.4, 0.5) is 15.2 Å². The number of thiazole rings is 1. The summed E-state index contributed by atoms with van der Waals surface area (Å²) in [5.41, 5.74) is 6.86. The number of amides is 1. The molecule has 0 aromatic carbocycles. The number of fused-ring (bicyclic) bond motifs is 1. The van der Waals surface area contributed by atoms with Crippen molar-refractivity contribution in [2.24, 2.45) is 0 Å². The standard InChI is InChI=1S/C27H29FN8O4S2/c1-6-19(37)34-9-10-35(15(4)12-34)25-16-11-17(28)21(22-24(29)41-13-31-22)32-26(16)36(27(38)33-25)23-18(42(5,39)40)7-8-30-20(23)14(2)3/h6-8,11,13-15H,1,9-10,12,29H2,2-5H3/t15-/m0/s1. The van der Waals surface area contributed by atoms with Crippen molar-refractivity contribution in [3.63, 3.8) is 0 Å². The molecular formula is C27H29FN8O4S2. The molecule has 1 fully saturated rings. The number of piperazine rings is 1. The summed E-state index contributed by atoms with van der Waals surface area (Å²) in [5.74, 6) is -1.11. The van der Waals surface area contributed by atoms with Crippen molar-refractivity contribution in [1.29, 1.82) is 0 Å².